The van der Waals surface area contributed by atoms with Crippen LogP contribution in [0.1, 0.15) is 35.6 Å². The van der Waals surface area contributed by atoms with Crippen molar-refractivity contribution in [1.29, 1.82) is 5.26 Å². The Bertz CT molecular complexity index is 806. The Morgan fingerprint density at radius 1 is 1.11 bits per heavy atom. The van der Waals surface area contributed by atoms with Crippen LogP contribution in [0.15, 0.2) is 54.6 Å². The van der Waals surface area contributed by atoms with E-state index in [0.717, 1.165) is 32.4 Å². The molecule has 2 aromatic carbocycles. The van der Waals surface area contributed by atoms with E-state index in [1.807, 2.05) is 12.1 Å². The van der Waals surface area contributed by atoms with Gasteiger partial charge in [-0.2, -0.15) is 5.26 Å². The van der Waals surface area contributed by atoms with Crippen molar-refractivity contribution in [3.63, 3.8) is 0 Å². The molecule has 0 aromatic heterocycles. The number of hydrogen-bond acceptors (Lipinski definition) is 4. The van der Waals surface area contributed by atoms with E-state index in [-0.39, 0.29) is 0 Å². The van der Waals surface area contributed by atoms with Crippen molar-refractivity contribution in [1.82, 2.24) is 4.90 Å². The van der Waals surface area contributed by atoms with Gasteiger partial charge in [0.2, 0.25) is 0 Å². The van der Waals surface area contributed by atoms with Gasteiger partial charge in [0.25, 0.3) is 0 Å². The lowest BCUT2D eigenvalue weighted by Gasteiger charge is -2.34. The highest BCUT2D eigenvalue weighted by Gasteiger charge is 2.31. The number of piperidine rings is 1. The fraction of sp³-hybridized carbons (Fsp3) is 0.391. The van der Waals surface area contributed by atoms with Gasteiger partial charge >= 0.3 is 5.97 Å². The summed E-state index contributed by atoms with van der Waals surface area (Å²) in [5.41, 5.74) is 2.37. The molecule has 0 spiro atoms. The van der Waals surface area contributed by atoms with Crippen LogP contribution < -0.4 is 0 Å². The molecule has 1 heterocycles. The van der Waals surface area contributed by atoms with Crippen LogP contribution in [0.5, 0.6) is 0 Å². The van der Waals surface area contributed by atoms with Gasteiger partial charge in [-0.1, -0.05) is 42.5 Å². The van der Waals surface area contributed by atoms with Crippen LogP contribution in [0.2, 0.25) is 0 Å². The lowest BCUT2D eigenvalue weighted by Crippen LogP contribution is -2.41. The molecule has 1 saturated heterocycles. The minimum atomic E-state index is -1.09. The number of nitriles is 1. The third-order valence-electron chi connectivity index (χ3n) is 5.61. The largest absolute Gasteiger partial charge is 0.481 e. The summed E-state index contributed by atoms with van der Waals surface area (Å²) in [4.78, 5) is 13.9. The Labute approximate surface area is 165 Å². The lowest BCUT2D eigenvalue weighted by atomic mass is 9.89. The van der Waals surface area contributed by atoms with E-state index in [1.54, 1.807) is 24.3 Å². The predicted octanol–water partition coefficient (Wildman–Crippen LogP) is 3.25. The summed E-state index contributed by atoms with van der Waals surface area (Å²) in [6.45, 7) is 2.03. The Hall–Kier alpha value is -2.68. The van der Waals surface area contributed by atoms with Crippen molar-refractivity contribution < 1.29 is 15.0 Å². The fourth-order valence-corrected chi connectivity index (χ4v) is 3.90. The van der Waals surface area contributed by atoms with E-state index in [4.69, 9.17) is 5.26 Å². The second-order valence-electron chi connectivity index (χ2n) is 7.56. The molecular formula is C23H26N2O3. The maximum Gasteiger partial charge on any atom is 0.310 e. The van der Waals surface area contributed by atoms with Gasteiger partial charge in [-0.3, -0.25) is 4.79 Å². The third-order valence-corrected chi connectivity index (χ3v) is 5.61. The first-order valence-electron chi connectivity index (χ1n) is 9.74. The highest BCUT2D eigenvalue weighted by atomic mass is 16.4. The average molecular weight is 378 g/mol. The van der Waals surface area contributed by atoms with E-state index < -0.39 is 18.0 Å². The number of nitrogens with zero attached hydrogens (tertiary/aromatic N) is 2. The first-order chi connectivity index (χ1) is 13.6. The average Bonchev–Trinajstić information content (AvgIpc) is 2.73. The second-order valence-corrected chi connectivity index (χ2v) is 7.56. The summed E-state index contributed by atoms with van der Waals surface area (Å²) in [6.07, 6.45) is 2.04. The number of benzene rings is 2. The van der Waals surface area contributed by atoms with Crippen LogP contribution in [0.3, 0.4) is 0 Å². The van der Waals surface area contributed by atoms with E-state index in [9.17, 15) is 15.0 Å². The Morgan fingerprint density at radius 3 is 2.32 bits per heavy atom. The van der Waals surface area contributed by atoms with Crippen LogP contribution in [0, 0.1) is 23.2 Å². The molecule has 0 bridgehead atoms. The van der Waals surface area contributed by atoms with Gasteiger partial charge in [0.05, 0.1) is 23.7 Å². The molecular weight excluding hydrogens is 352 g/mol. The molecule has 2 atom stereocenters. The monoisotopic (exact) mass is 378 g/mol. The first-order valence-corrected chi connectivity index (χ1v) is 9.74. The molecule has 1 fully saturated rings. The quantitative estimate of drug-likeness (QED) is 0.773. The Kier molecular flexibility index (Phi) is 6.80. The van der Waals surface area contributed by atoms with Gasteiger partial charge in [-0.15, -0.1) is 0 Å². The summed E-state index contributed by atoms with van der Waals surface area (Å²) in [5.74, 6) is -1.27. The van der Waals surface area contributed by atoms with Crippen LogP contribution in [-0.4, -0.2) is 40.7 Å². The maximum absolute atomic E-state index is 11.8. The molecule has 3 rings (SSSR count). The summed E-state index contributed by atoms with van der Waals surface area (Å²) in [5, 5.41) is 29.1. The Morgan fingerprint density at radius 2 is 1.75 bits per heavy atom. The summed E-state index contributed by atoms with van der Waals surface area (Å²) >= 11 is 0. The number of hydrogen-bond donors (Lipinski definition) is 2. The van der Waals surface area contributed by atoms with Crippen LogP contribution in [0.25, 0.3) is 0 Å². The third kappa shape index (κ3) is 5.19. The second kappa shape index (κ2) is 9.50. The van der Waals surface area contributed by atoms with Crippen molar-refractivity contribution >= 4 is 5.97 Å². The topological polar surface area (TPSA) is 84.6 Å². The van der Waals surface area contributed by atoms with Crippen molar-refractivity contribution in [2.45, 2.75) is 25.4 Å². The molecule has 2 aromatic rings. The van der Waals surface area contributed by atoms with Gasteiger partial charge < -0.3 is 15.1 Å². The van der Waals surface area contributed by atoms with Crippen molar-refractivity contribution in [3.8, 4) is 6.07 Å². The number of carboxylic acids is 1. The highest BCUT2D eigenvalue weighted by molar-refractivity contribution is 5.71. The van der Waals surface area contributed by atoms with Gasteiger partial charge in [0, 0.05) is 6.54 Å². The van der Waals surface area contributed by atoms with Crippen molar-refractivity contribution in [2.24, 2.45) is 11.8 Å². The molecule has 146 valence electrons. The predicted molar refractivity (Wildman–Crippen MR) is 107 cm³/mol. The number of aliphatic carboxylic acids is 1. The van der Waals surface area contributed by atoms with Crippen molar-refractivity contribution in [2.75, 3.05) is 19.6 Å². The summed E-state index contributed by atoms with van der Waals surface area (Å²) in [7, 11) is 0. The highest BCUT2D eigenvalue weighted by Crippen LogP contribution is 2.27. The zero-order valence-corrected chi connectivity index (χ0v) is 15.9. The first kappa shape index (κ1) is 20.1. The van der Waals surface area contributed by atoms with Crippen LogP contribution in [0.4, 0.5) is 0 Å². The molecule has 2 unspecified atom stereocenters. The van der Waals surface area contributed by atoms with E-state index in [1.165, 1.54) is 5.56 Å². The molecule has 0 radical (unpaired) electrons. The number of carbonyl (C=O) groups is 1. The smallest absolute Gasteiger partial charge is 0.310 e. The molecule has 0 amide bonds. The summed E-state index contributed by atoms with van der Waals surface area (Å²) < 4.78 is 0. The Balaban J connectivity index is 1.56. The van der Waals surface area contributed by atoms with Crippen molar-refractivity contribution in [3.05, 3.63) is 71.3 Å². The van der Waals surface area contributed by atoms with E-state index >= 15 is 0 Å². The summed E-state index contributed by atoms with van der Waals surface area (Å²) in [6, 6.07) is 18.9. The van der Waals surface area contributed by atoms with E-state index in [0.29, 0.717) is 23.6 Å². The van der Waals surface area contributed by atoms with E-state index in [2.05, 4.69) is 29.2 Å². The van der Waals surface area contributed by atoms with Gasteiger partial charge in [-0.05, 0) is 61.5 Å². The number of carboxylic acid groups (broad SMARTS) is 1. The standard InChI is InChI=1S/C23H26N2O3/c24-15-19-6-8-20(9-7-19)22(26)21(23(27)28)16-25-12-10-18(11-13-25)14-17-4-2-1-3-5-17/h1-9,18,21-22,26H,10-14,16H2,(H,27,28). The molecule has 1 aliphatic heterocycles. The molecule has 0 saturated carbocycles. The number of likely N-dealkylation sites (tertiary alicyclic amines) is 1. The van der Waals surface area contributed by atoms with Crippen LogP contribution in [-0.2, 0) is 11.2 Å². The maximum atomic E-state index is 11.8. The lowest BCUT2D eigenvalue weighted by molar-refractivity contribution is -0.147. The zero-order chi connectivity index (χ0) is 19.9. The normalized spacial score (nSPS) is 17.6. The molecule has 5 nitrogen and oxygen atoms in total. The van der Waals surface area contributed by atoms with Crippen LogP contribution >= 0.6 is 0 Å². The van der Waals surface area contributed by atoms with Gasteiger partial charge in [0.1, 0.15) is 0 Å². The van der Waals surface area contributed by atoms with Gasteiger partial charge in [0.15, 0.2) is 0 Å². The molecule has 2 N–H and O–H groups in total. The minimum Gasteiger partial charge on any atom is -0.481 e. The minimum absolute atomic E-state index is 0.328. The SMILES string of the molecule is N#Cc1ccc(C(O)C(CN2CCC(Cc3ccccc3)CC2)C(=O)O)cc1. The molecule has 5 heteroatoms. The zero-order valence-electron chi connectivity index (χ0n) is 15.9. The molecule has 28 heavy (non-hydrogen) atoms. The number of aliphatic hydroxyl groups excluding tert-OH is 1. The number of aliphatic hydroxyl groups is 1. The fourth-order valence-electron chi connectivity index (χ4n) is 3.90. The van der Waals surface area contributed by atoms with Gasteiger partial charge in [-0.25, -0.2) is 0 Å². The molecule has 1 aliphatic rings. The number of rotatable bonds is 7. The molecule has 0 aliphatic carbocycles.